The summed E-state index contributed by atoms with van der Waals surface area (Å²) in [5.41, 5.74) is 3.59. The molecule has 0 amide bonds. The number of benzene rings is 3. The number of aliphatic carboxylic acids is 3. The molecule has 6 aromatic rings. The number of hydrogen-bond acceptors (Lipinski definition) is 10. The Labute approximate surface area is 390 Å². The fourth-order valence-electron chi connectivity index (χ4n) is 5.42. The number of carbonyl (C=O) groups excluding carboxylic acids is 3. The number of aromatic nitrogens is 6. The maximum Gasteiger partial charge on any atom is 1.00 e. The molecule has 0 atom stereocenters. The second kappa shape index (κ2) is 17.8. The first-order valence-electron chi connectivity index (χ1n) is 13.4. The van der Waals surface area contributed by atoms with Crippen LogP contribution in [0.25, 0.3) is 33.1 Å². The third-order valence-corrected chi connectivity index (χ3v) is 7.16. The third kappa shape index (κ3) is 9.12. The molecule has 0 aliphatic heterocycles. The first kappa shape index (κ1) is 39.8. The molecule has 0 N–H and O–H groups in total. The fraction of sp³-hybridized carbons (Fsp3) is 0.200. The zero-order valence-corrected chi connectivity index (χ0v) is 35.1. The predicted molar refractivity (Wildman–Crippen MR) is 147 cm³/mol. The van der Waals surface area contributed by atoms with Crippen LogP contribution < -0.4 is 169 Å². The Morgan fingerprint density at radius 3 is 1.02 bits per heavy atom. The molecule has 0 spiro atoms. The summed E-state index contributed by atoms with van der Waals surface area (Å²) in [6.07, 6.45) is 0. The van der Waals surface area contributed by atoms with Crippen molar-refractivity contribution >= 4 is 51.0 Å². The molecule has 0 radical (unpaired) electrons. The van der Waals surface area contributed by atoms with E-state index in [1.165, 1.54) is 0 Å². The standard InChI is InChI=1S/C30H27N7O6.3K/c38-28(39)16-35-22-10-4-1-7-19(22)31-25(35)13-34(14-26-32-20-8-2-5-11-23(20)36(26)17-29(40)41)15-27-33-21-9-3-6-12-24(21)37(27)18-30(42)43;;;/h1-12H,13-18H2,(H,38,39)(H,40,41)(H,42,43);;;/q;3*+1/p-3. The summed E-state index contributed by atoms with van der Waals surface area (Å²) in [5.74, 6) is -2.63. The van der Waals surface area contributed by atoms with Crippen LogP contribution in [0.4, 0.5) is 0 Å². The van der Waals surface area contributed by atoms with Crippen LogP contribution in [0.15, 0.2) is 72.8 Å². The number of carboxylic acid groups (broad SMARTS) is 3. The normalized spacial score (nSPS) is 10.9. The molecule has 0 aliphatic carbocycles. The van der Waals surface area contributed by atoms with Crippen LogP contribution in [-0.2, 0) is 53.7 Å². The Morgan fingerprint density at radius 2 is 0.761 bits per heavy atom. The van der Waals surface area contributed by atoms with Crippen LogP contribution in [0, 0.1) is 0 Å². The zero-order chi connectivity index (χ0) is 30.1. The van der Waals surface area contributed by atoms with Crippen molar-refractivity contribution in [1.29, 1.82) is 0 Å². The summed E-state index contributed by atoms with van der Waals surface area (Å²) >= 11 is 0. The second-order valence-corrected chi connectivity index (χ2v) is 10.1. The topological polar surface area (TPSA) is 177 Å². The van der Waals surface area contributed by atoms with Crippen LogP contribution in [0.1, 0.15) is 17.5 Å². The van der Waals surface area contributed by atoms with Gasteiger partial charge in [-0.3, -0.25) is 4.90 Å². The van der Waals surface area contributed by atoms with Crippen molar-refractivity contribution in [2.75, 3.05) is 0 Å². The summed E-state index contributed by atoms with van der Waals surface area (Å²) in [5, 5.41) is 35.1. The Balaban J connectivity index is 0.00000192. The molecule has 0 unspecified atom stereocenters. The van der Waals surface area contributed by atoms with Crippen LogP contribution >= 0.6 is 0 Å². The van der Waals surface area contributed by atoms with E-state index in [0.717, 1.165) is 0 Å². The van der Waals surface area contributed by atoms with E-state index in [9.17, 15) is 29.7 Å². The molecule has 0 fully saturated rings. The van der Waals surface area contributed by atoms with E-state index in [4.69, 9.17) is 0 Å². The van der Waals surface area contributed by atoms with Crippen LogP contribution in [0.2, 0.25) is 0 Å². The van der Waals surface area contributed by atoms with E-state index in [-0.39, 0.29) is 174 Å². The van der Waals surface area contributed by atoms with Gasteiger partial charge in [0.05, 0.1) is 90.3 Å². The van der Waals surface area contributed by atoms with Crippen molar-refractivity contribution in [3.05, 3.63) is 90.3 Å². The molecule has 3 aromatic heterocycles. The number of carbonyl (C=O) groups is 3. The summed E-state index contributed by atoms with van der Waals surface area (Å²) in [6.45, 7) is -1.04. The van der Waals surface area contributed by atoms with E-state index in [1.807, 2.05) is 4.90 Å². The molecule has 3 aromatic carbocycles. The average Bonchev–Trinajstić information content (AvgIpc) is 3.60. The smallest absolute Gasteiger partial charge is 0.548 e. The predicted octanol–water partition coefficient (Wildman–Crippen LogP) is -9.80. The van der Waals surface area contributed by atoms with Crippen molar-refractivity contribution in [2.24, 2.45) is 0 Å². The Kier molecular flexibility index (Phi) is 15.4. The van der Waals surface area contributed by atoms with E-state index < -0.39 is 37.5 Å². The van der Waals surface area contributed by atoms with E-state index >= 15 is 0 Å². The van der Waals surface area contributed by atoms with Crippen molar-refractivity contribution < 1.29 is 184 Å². The largest absolute Gasteiger partial charge is 1.00 e. The van der Waals surface area contributed by atoms with Gasteiger partial charge in [0.15, 0.2) is 0 Å². The molecule has 0 aliphatic rings. The minimum atomic E-state index is -1.29. The number of fused-ring (bicyclic) bond motifs is 3. The Bertz CT molecular complexity index is 1790. The number of imidazole rings is 3. The molecule has 16 heteroatoms. The number of nitrogens with zero attached hydrogens (tertiary/aromatic N) is 7. The maximum absolute atomic E-state index is 11.7. The molecular weight excluding hydrogens is 672 g/mol. The number of carboxylic acids is 3. The average molecular weight is 696 g/mol. The van der Waals surface area contributed by atoms with Crippen LogP contribution in [-0.4, -0.2) is 51.5 Å². The van der Waals surface area contributed by atoms with Crippen LogP contribution in [0.3, 0.4) is 0 Å². The van der Waals surface area contributed by atoms with Crippen molar-refractivity contribution in [3.63, 3.8) is 0 Å². The summed E-state index contributed by atoms with van der Waals surface area (Å²) in [4.78, 5) is 51.0. The van der Waals surface area contributed by atoms with Gasteiger partial charge in [0.25, 0.3) is 0 Å². The molecule has 0 saturated carbocycles. The van der Waals surface area contributed by atoms with Gasteiger partial charge in [0.2, 0.25) is 0 Å². The van der Waals surface area contributed by atoms with Crippen molar-refractivity contribution in [1.82, 2.24) is 33.6 Å². The first-order valence-corrected chi connectivity index (χ1v) is 13.4. The summed E-state index contributed by atoms with van der Waals surface area (Å²) in [7, 11) is 0. The van der Waals surface area contributed by atoms with E-state index in [0.29, 0.717) is 50.6 Å². The van der Waals surface area contributed by atoms with Gasteiger partial charge in [0, 0.05) is 0 Å². The van der Waals surface area contributed by atoms with Gasteiger partial charge in [-0.1, -0.05) is 36.4 Å². The number of hydrogen-bond donors (Lipinski definition) is 0. The van der Waals surface area contributed by atoms with E-state index in [1.54, 1.807) is 86.5 Å². The molecule has 0 bridgehead atoms. The monoisotopic (exact) mass is 695 g/mol. The van der Waals surface area contributed by atoms with Crippen molar-refractivity contribution in [3.8, 4) is 0 Å². The van der Waals surface area contributed by atoms with Gasteiger partial charge in [-0.05, 0) is 36.4 Å². The molecule has 6 rings (SSSR count). The van der Waals surface area contributed by atoms with Gasteiger partial charge < -0.3 is 43.4 Å². The fourth-order valence-corrected chi connectivity index (χ4v) is 5.42. The molecule has 46 heavy (non-hydrogen) atoms. The van der Waals surface area contributed by atoms with Crippen molar-refractivity contribution in [2.45, 2.75) is 39.3 Å². The van der Waals surface area contributed by atoms with Gasteiger partial charge in [-0.2, -0.15) is 0 Å². The van der Waals surface area contributed by atoms with Crippen LogP contribution in [0.5, 0.6) is 0 Å². The SMILES string of the molecule is O=C([O-])Cn1c(CN(Cc2nc3ccccc3n2CC(=O)[O-])Cc2nc3ccccc3n2CC(=O)[O-])nc2ccccc21.[K+].[K+].[K+]. The summed E-state index contributed by atoms with van der Waals surface area (Å²) < 4.78 is 4.64. The molecule has 3 heterocycles. The third-order valence-electron chi connectivity index (χ3n) is 7.16. The Morgan fingerprint density at radius 1 is 0.500 bits per heavy atom. The van der Waals surface area contributed by atoms with Gasteiger partial charge in [0.1, 0.15) is 17.5 Å². The quantitative estimate of drug-likeness (QED) is 0.112. The van der Waals surface area contributed by atoms with Gasteiger partial charge in [-0.25, -0.2) is 15.0 Å². The molecule has 0 saturated heterocycles. The molecule has 13 nitrogen and oxygen atoms in total. The maximum atomic E-state index is 11.7. The van der Waals surface area contributed by atoms with E-state index in [2.05, 4.69) is 15.0 Å². The van der Waals surface area contributed by atoms with Gasteiger partial charge in [-0.15, -0.1) is 0 Å². The minimum Gasteiger partial charge on any atom is -0.548 e. The number of para-hydroxylation sites is 6. The second-order valence-electron chi connectivity index (χ2n) is 10.1. The van der Waals surface area contributed by atoms with Gasteiger partial charge >= 0.3 is 154 Å². The number of rotatable bonds is 12. The molecular formula is C30H24K3N7O6. The summed E-state index contributed by atoms with van der Waals surface area (Å²) in [6, 6.07) is 21.3. The minimum absolute atomic E-state index is 0. The first-order chi connectivity index (χ1) is 20.8. The zero-order valence-electron chi connectivity index (χ0n) is 25.8. The molecule has 218 valence electrons. The Hall–Kier alpha value is -0.651.